The monoisotopic (exact) mass is 516 g/mol. The zero-order chi connectivity index (χ0) is 25.5. The maximum Gasteiger partial charge on any atom is 0.230 e. The van der Waals surface area contributed by atoms with Crippen LogP contribution in [0.2, 0.25) is 0 Å². The molecule has 4 rings (SSSR count). The van der Waals surface area contributed by atoms with Crippen LogP contribution in [0.5, 0.6) is 0 Å². The van der Waals surface area contributed by atoms with E-state index in [2.05, 4.69) is 61.3 Å². The van der Waals surface area contributed by atoms with E-state index >= 15 is 0 Å². The molecule has 0 bridgehead atoms. The summed E-state index contributed by atoms with van der Waals surface area (Å²) in [5, 5.41) is 8.53. The highest BCUT2D eigenvalue weighted by molar-refractivity contribution is 7.08. The van der Waals surface area contributed by atoms with Crippen LogP contribution in [0.15, 0.2) is 46.0 Å². The maximum atomic E-state index is 13.9. The summed E-state index contributed by atoms with van der Waals surface area (Å²) in [5.74, 6) is -0.0628. The van der Waals surface area contributed by atoms with E-state index in [-0.39, 0.29) is 5.78 Å². The molecule has 0 aliphatic carbocycles. The average molecular weight is 517 g/mol. The number of thiophene rings is 2. The molecule has 0 radical (unpaired) electrons. The van der Waals surface area contributed by atoms with Gasteiger partial charge in [-0.25, -0.2) is 0 Å². The number of hydrogen-bond acceptors (Lipinski definition) is 5. The molecule has 0 aromatic carbocycles. The van der Waals surface area contributed by atoms with Crippen molar-refractivity contribution in [2.24, 2.45) is 0 Å². The topological polar surface area (TPSA) is 42.9 Å². The van der Waals surface area contributed by atoms with Crippen LogP contribution in [0.25, 0.3) is 22.3 Å². The van der Waals surface area contributed by atoms with Crippen LogP contribution < -0.4 is 0 Å². The number of carbonyl (C=O) groups is 1. The predicted molar refractivity (Wildman–Crippen MR) is 154 cm³/mol. The molecule has 4 aromatic heterocycles. The third-order valence-electron chi connectivity index (χ3n) is 7.07. The molecular weight excluding hydrogens is 480 g/mol. The van der Waals surface area contributed by atoms with Crippen LogP contribution in [-0.2, 0) is 12.8 Å². The molecule has 0 N–H and O–H groups in total. The molecule has 0 saturated heterocycles. The second-order valence-corrected chi connectivity index (χ2v) is 11.1. The molecular formula is C31H36N2OS2. The number of nitrogens with zero attached hydrogens (tertiary/aromatic N) is 2. The summed E-state index contributed by atoms with van der Waals surface area (Å²) in [4.78, 5) is 23.4. The fourth-order valence-electron chi connectivity index (χ4n) is 4.95. The number of ketones is 1. The Balaban J connectivity index is 1.76. The van der Waals surface area contributed by atoms with E-state index in [1.165, 1.54) is 47.9 Å². The van der Waals surface area contributed by atoms with Crippen LogP contribution in [0.4, 0.5) is 0 Å². The van der Waals surface area contributed by atoms with Gasteiger partial charge in [-0.05, 0) is 107 Å². The van der Waals surface area contributed by atoms with E-state index < -0.39 is 0 Å². The molecule has 0 saturated carbocycles. The van der Waals surface area contributed by atoms with Crippen LogP contribution in [0, 0.1) is 13.8 Å². The maximum absolute atomic E-state index is 13.9. The summed E-state index contributed by atoms with van der Waals surface area (Å²) in [6.07, 6.45) is 12.6. The minimum absolute atomic E-state index is 0.0628. The number of carbonyl (C=O) groups excluding carboxylic acids is 1. The number of unbranched alkanes of at least 4 members (excludes halogenated alkanes) is 4. The zero-order valence-corrected chi connectivity index (χ0v) is 23.5. The molecule has 4 aromatic rings. The molecule has 0 unspecified atom stereocenters. The van der Waals surface area contributed by atoms with Gasteiger partial charge in [-0.3, -0.25) is 14.8 Å². The summed E-state index contributed by atoms with van der Waals surface area (Å²) in [5.41, 5.74) is 10.2. The van der Waals surface area contributed by atoms with E-state index in [1.54, 1.807) is 22.7 Å². The lowest BCUT2D eigenvalue weighted by Crippen LogP contribution is -2.14. The van der Waals surface area contributed by atoms with Crippen molar-refractivity contribution in [3.8, 4) is 22.3 Å². The molecule has 188 valence electrons. The number of aromatic nitrogens is 2. The van der Waals surface area contributed by atoms with Crippen LogP contribution in [0.3, 0.4) is 0 Å². The molecule has 0 aliphatic rings. The van der Waals surface area contributed by atoms with Crippen molar-refractivity contribution in [1.82, 2.24) is 9.97 Å². The van der Waals surface area contributed by atoms with Gasteiger partial charge in [0.25, 0.3) is 0 Å². The van der Waals surface area contributed by atoms with Gasteiger partial charge >= 0.3 is 0 Å². The fourth-order valence-corrected chi connectivity index (χ4v) is 6.26. The molecule has 5 heteroatoms. The average Bonchev–Trinajstić information content (AvgIpc) is 3.60. The molecule has 3 nitrogen and oxygen atoms in total. The first-order valence-corrected chi connectivity index (χ1v) is 15.0. The van der Waals surface area contributed by atoms with Gasteiger partial charge in [-0.15, -0.1) is 0 Å². The number of hydrogen-bond donors (Lipinski definition) is 0. The predicted octanol–water partition coefficient (Wildman–Crippen LogP) is 9.25. The lowest BCUT2D eigenvalue weighted by molar-refractivity contribution is 0.102. The van der Waals surface area contributed by atoms with Gasteiger partial charge in [0.05, 0.1) is 0 Å². The van der Waals surface area contributed by atoms with Crippen molar-refractivity contribution in [2.75, 3.05) is 0 Å². The van der Waals surface area contributed by atoms with Crippen LogP contribution in [0.1, 0.15) is 90.8 Å². The first-order chi connectivity index (χ1) is 17.6. The Morgan fingerprint density at radius 2 is 1.17 bits per heavy atom. The summed E-state index contributed by atoms with van der Waals surface area (Å²) >= 11 is 3.38. The van der Waals surface area contributed by atoms with Crippen molar-refractivity contribution < 1.29 is 4.79 Å². The number of rotatable bonds is 12. The molecule has 0 amide bonds. The normalized spacial score (nSPS) is 11.2. The van der Waals surface area contributed by atoms with Crippen molar-refractivity contribution in [2.45, 2.75) is 79.1 Å². The summed E-state index contributed by atoms with van der Waals surface area (Å²) in [6, 6.07) is 4.28. The van der Waals surface area contributed by atoms with E-state index in [1.807, 2.05) is 12.4 Å². The highest BCUT2D eigenvalue weighted by Gasteiger charge is 2.24. The molecule has 0 atom stereocenters. The molecule has 36 heavy (non-hydrogen) atoms. The van der Waals surface area contributed by atoms with Crippen LogP contribution >= 0.6 is 22.7 Å². The summed E-state index contributed by atoms with van der Waals surface area (Å²) in [6.45, 7) is 8.57. The largest absolute Gasteiger partial charge is 0.285 e. The van der Waals surface area contributed by atoms with Gasteiger partial charge in [-0.2, -0.15) is 22.7 Å². The minimum Gasteiger partial charge on any atom is -0.285 e. The van der Waals surface area contributed by atoms with E-state index in [9.17, 15) is 4.79 Å². The van der Waals surface area contributed by atoms with Crippen LogP contribution in [-0.4, -0.2) is 15.8 Å². The first kappa shape index (κ1) is 26.4. The summed E-state index contributed by atoms with van der Waals surface area (Å²) < 4.78 is 0. The second kappa shape index (κ2) is 12.6. The number of pyridine rings is 2. The first-order valence-electron chi connectivity index (χ1n) is 13.1. The Morgan fingerprint density at radius 3 is 1.53 bits per heavy atom. The smallest absolute Gasteiger partial charge is 0.230 e. The highest BCUT2D eigenvalue weighted by atomic mass is 32.1. The van der Waals surface area contributed by atoms with Gasteiger partial charge < -0.3 is 0 Å². The quantitative estimate of drug-likeness (QED) is 0.139. The zero-order valence-electron chi connectivity index (χ0n) is 21.9. The van der Waals surface area contributed by atoms with E-state index in [0.29, 0.717) is 11.4 Å². The third kappa shape index (κ3) is 5.68. The molecule has 4 heterocycles. The van der Waals surface area contributed by atoms with Gasteiger partial charge in [-0.1, -0.05) is 39.5 Å². The fraction of sp³-hybridized carbons (Fsp3) is 0.387. The summed E-state index contributed by atoms with van der Waals surface area (Å²) in [7, 11) is 0. The van der Waals surface area contributed by atoms with E-state index in [4.69, 9.17) is 9.97 Å². The van der Waals surface area contributed by atoms with Gasteiger partial charge in [0.1, 0.15) is 11.4 Å². The van der Waals surface area contributed by atoms with Gasteiger partial charge in [0.2, 0.25) is 5.78 Å². The van der Waals surface area contributed by atoms with Gasteiger partial charge in [0, 0.05) is 23.5 Å². The Kier molecular flexibility index (Phi) is 9.22. The van der Waals surface area contributed by atoms with E-state index in [0.717, 1.165) is 47.9 Å². The molecule has 0 fully saturated rings. The Labute approximate surface area is 223 Å². The van der Waals surface area contributed by atoms with Crippen molar-refractivity contribution in [3.05, 3.63) is 79.7 Å². The SMILES string of the molecule is CCCCCc1c(-c2ccsc2)cnc(C(=O)c2ncc(-c3ccsc3)c(CCCCC)c2C)c1C. The molecule has 0 spiro atoms. The minimum atomic E-state index is -0.0628. The Bertz CT molecular complexity index is 1190. The Hall–Kier alpha value is -2.63. The lowest BCUT2D eigenvalue weighted by Gasteiger charge is -2.17. The standard InChI is InChI=1S/C31H36N2OS2/c1-5-7-9-11-25-21(3)29(32-17-27(25)23-13-15-35-19-23)31(34)30-22(4)26(12-10-8-6-2)28(18-33-30)24-14-16-36-20-24/h13-20H,5-12H2,1-4H3. The van der Waals surface area contributed by atoms with Crippen molar-refractivity contribution in [3.63, 3.8) is 0 Å². The lowest BCUT2D eigenvalue weighted by atomic mass is 9.90. The Morgan fingerprint density at radius 1 is 0.722 bits per heavy atom. The van der Waals surface area contributed by atoms with Crippen molar-refractivity contribution >= 4 is 28.5 Å². The highest BCUT2D eigenvalue weighted by Crippen LogP contribution is 2.33. The molecule has 0 aliphatic heterocycles. The third-order valence-corrected chi connectivity index (χ3v) is 8.43. The van der Waals surface area contributed by atoms with Gasteiger partial charge in [0.15, 0.2) is 0 Å². The second-order valence-electron chi connectivity index (χ2n) is 9.52. The van der Waals surface area contributed by atoms with Crippen molar-refractivity contribution in [1.29, 1.82) is 0 Å².